The Labute approximate surface area is 168 Å². The minimum absolute atomic E-state index is 0.0370. The number of amides is 1. The lowest BCUT2D eigenvalue weighted by molar-refractivity contribution is -0.126. The van der Waals surface area contributed by atoms with Gasteiger partial charge < -0.3 is 14.5 Å². The van der Waals surface area contributed by atoms with Crippen molar-refractivity contribution < 1.29 is 23.1 Å². The second-order valence-corrected chi connectivity index (χ2v) is 6.70. The molecule has 1 aliphatic rings. The Kier molecular flexibility index (Phi) is 6.59. The van der Waals surface area contributed by atoms with Gasteiger partial charge in [-0.05, 0) is 55.0 Å². The Balaban J connectivity index is 1.51. The van der Waals surface area contributed by atoms with E-state index >= 15 is 0 Å². The highest BCUT2D eigenvalue weighted by Crippen LogP contribution is 2.19. The number of rotatable bonds is 6. The summed E-state index contributed by atoms with van der Waals surface area (Å²) in [5, 5.41) is 0. The highest BCUT2D eigenvalue weighted by atomic mass is 19.3. The fraction of sp³-hybridized carbons (Fsp3) is 0.273. The molecular weight excluding hydrogens is 378 g/mol. The predicted octanol–water partition coefficient (Wildman–Crippen LogP) is 3.85. The van der Waals surface area contributed by atoms with Crippen molar-refractivity contribution in [2.45, 2.75) is 13.5 Å². The normalized spacial score (nSPS) is 14.5. The zero-order valence-electron chi connectivity index (χ0n) is 16.1. The van der Waals surface area contributed by atoms with Crippen LogP contribution in [-0.2, 0) is 4.79 Å². The third-order valence-electron chi connectivity index (χ3n) is 4.75. The molecule has 1 fully saturated rings. The first kappa shape index (κ1) is 20.5. The lowest BCUT2D eigenvalue weighted by Gasteiger charge is -2.35. The Hall–Kier alpha value is -3.22. The molecule has 0 radical (unpaired) electrons. The molecule has 0 atom stereocenters. The van der Waals surface area contributed by atoms with E-state index in [1.54, 1.807) is 30.0 Å². The summed E-state index contributed by atoms with van der Waals surface area (Å²) in [5.74, 6) is 0.0235. The van der Waals surface area contributed by atoms with Gasteiger partial charge in [0.2, 0.25) is 5.91 Å². The summed E-state index contributed by atoms with van der Waals surface area (Å²) in [7, 11) is 0. The molecule has 3 rings (SSSR count). The van der Waals surface area contributed by atoms with Crippen LogP contribution in [-0.4, -0.2) is 49.4 Å². The first-order valence-corrected chi connectivity index (χ1v) is 9.30. The molecule has 1 saturated heterocycles. The molecule has 29 heavy (non-hydrogen) atoms. The van der Waals surface area contributed by atoms with Gasteiger partial charge in [0.1, 0.15) is 5.75 Å². The standard InChI is InChI=1S/C22H22F2N2O3/c1-16(27)18-5-7-19(8-6-18)25-12-14-26(15-13-25)21(28)11-4-17-2-9-20(10-3-17)29-22(23)24/h2-11,22H,12-15H2,1H3/b11-4+. The van der Waals surface area contributed by atoms with Crippen LogP contribution in [0.15, 0.2) is 54.6 Å². The number of ketones is 1. The van der Waals surface area contributed by atoms with E-state index < -0.39 is 6.61 Å². The minimum atomic E-state index is -2.86. The second-order valence-electron chi connectivity index (χ2n) is 6.70. The van der Waals surface area contributed by atoms with Gasteiger partial charge in [-0.25, -0.2) is 0 Å². The van der Waals surface area contributed by atoms with Crippen molar-refractivity contribution in [2.24, 2.45) is 0 Å². The largest absolute Gasteiger partial charge is 0.435 e. The molecule has 0 aromatic heterocycles. The van der Waals surface area contributed by atoms with Gasteiger partial charge in [-0.1, -0.05) is 12.1 Å². The molecule has 0 N–H and O–H groups in total. The first-order chi connectivity index (χ1) is 13.9. The fourth-order valence-electron chi connectivity index (χ4n) is 3.13. The Bertz CT molecular complexity index is 872. The fourth-order valence-corrected chi connectivity index (χ4v) is 3.13. The predicted molar refractivity (Wildman–Crippen MR) is 107 cm³/mol. The Morgan fingerprint density at radius 3 is 2.14 bits per heavy atom. The van der Waals surface area contributed by atoms with Crippen LogP contribution in [0.4, 0.5) is 14.5 Å². The summed E-state index contributed by atoms with van der Waals surface area (Å²) in [6.07, 6.45) is 3.14. The molecule has 0 spiro atoms. The average Bonchev–Trinajstić information content (AvgIpc) is 2.73. The van der Waals surface area contributed by atoms with Gasteiger partial charge >= 0.3 is 6.61 Å². The maximum Gasteiger partial charge on any atom is 0.387 e. The number of hydrogen-bond acceptors (Lipinski definition) is 4. The van der Waals surface area contributed by atoms with Crippen molar-refractivity contribution in [2.75, 3.05) is 31.1 Å². The van der Waals surface area contributed by atoms with E-state index in [9.17, 15) is 18.4 Å². The van der Waals surface area contributed by atoms with Crippen LogP contribution in [0, 0.1) is 0 Å². The van der Waals surface area contributed by atoms with Crippen molar-refractivity contribution in [3.8, 4) is 5.75 Å². The van der Waals surface area contributed by atoms with Crippen LogP contribution in [0.25, 0.3) is 6.08 Å². The molecule has 0 bridgehead atoms. The lowest BCUT2D eigenvalue weighted by Crippen LogP contribution is -2.48. The molecule has 152 valence electrons. The van der Waals surface area contributed by atoms with E-state index in [2.05, 4.69) is 9.64 Å². The summed E-state index contributed by atoms with van der Waals surface area (Å²) in [6, 6.07) is 13.6. The topological polar surface area (TPSA) is 49.9 Å². The van der Waals surface area contributed by atoms with Gasteiger partial charge in [0.05, 0.1) is 0 Å². The van der Waals surface area contributed by atoms with E-state index in [0.717, 1.165) is 11.3 Å². The van der Waals surface area contributed by atoms with Crippen LogP contribution in [0.2, 0.25) is 0 Å². The van der Waals surface area contributed by atoms with Gasteiger partial charge in [0, 0.05) is 43.5 Å². The number of hydrogen-bond donors (Lipinski definition) is 0. The van der Waals surface area contributed by atoms with Gasteiger partial charge in [-0.2, -0.15) is 8.78 Å². The summed E-state index contributed by atoms with van der Waals surface area (Å²) >= 11 is 0. The number of benzene rings is 2. The molecule has 2 aromatic rings. The molecule has 5 nitrogen and oxygen atoms in total. The van der Waals surface area contributed by atoms with Gasteiger partial charge in [0.25, 0.3) is 0 Å². The molecule has 0 saturated carbocycles. The smallest absolute Gasteiger partial charge is 0.387 e. The van der Waals surface area contributed by atoms with Crippen LogP contribution in [0.5, 0.6) is 5.75 Å². The van der Waals surface area contributed by atoms with Gasteiger partial charge in [-0.15, -0.1) is 0 Å². The van der Waals surface area contributed by atoms with Crippen molar-refractivity contribution in [3.63, 3.8) is 0 Å². The minimum Gasteiger partial charge on any atom is -0.435 e. The Morgan fingerprint density at radius 1 is 0.966 bits per heavy atom. The van der Waals surface area contributed by atoms with E-state index in [4.69, 9.17) is 0 Å². The number of ether oxygens (including phenoxy) is 1. The average molecular weight is 400 g/mol. The number of piperazine rings is 1. The van der Waals surface area contributed by atoms with Gasteiger partial charge in [-0.3, -0.25) is 9.59 Å². The molecule has 1 amide bonds. The third kappa shape index (κ3) is 5.63. The number of anilines is 1. The van der Waals surface area contributed by atoms with Crippen molar-refractivity contribution in [3.05, 3.63) is 65.7 Å². The molecule has 2 aromatic carbocycles. The summed E-state index contributed by atoms with van der Waals surface area (Å²) in [6.45, 7) is 1.29. The van der Waals surface area contributed by atoms with E-state index in [1.807, 2.05) is 24.3 Å². The maximum atomic E-state index is 12.4. The number of Topliss-reactive ketones (excluding diaryl/α,β-unsaturated/α-hetero) is 1. The quantitative estimate of drug-likeness (QED) is 0.546. The highest BCUT2D eigenvalue weighted by Gasteiger charge is 2.20. The molecule has 1 aliphatic heterocycles. The van der Waals surface area contributed by atoms with Crippen LogP contribution in [0.3, 0.4) is 0 Å². The van der Waals surface area contributed by atoms with Crippen LogP contribution < -0.4 is 9.64 Å². The molecule has 0 unspecified atom stereocenters. The summed E-state index contributed by atoms with van der Waals surface area (Å²) in [4.78, 5) is 27.7. The molecule has 7 heteroatoms. The van der Waals surface area contributed by atoms with Crippen LogP contribution >= 0.6 is 0 Å². The third-order valence-corrected chi connectivity index (χ3v) is 4.75. The number of carbonyl (C=O) groups excluding carboxylic acids is 2. The van der Waals surface area contributed by atoms with Crippen molar-refractivity contribution in [1.82, 2.24) is 4.90 Å². The Morgan fingerprint density at radius 2 is 1.59 bits per heavy atom. The van der Waals surface area contributed by atoms with Gasteiger partial charge in [0.15, 0.2) is 5.78 Å². The van der Waals surface area contributed by atoms with E-state index in [0.29, 0.717) is 31.7 Å². The van der Waals surface area contributed by atoms with E-state index in [-0.39, 0.29) is 17.4 Å². The van der Waals surface area contributed by atoms with E-state index in [1.165, 1.54) is 18.2 Å². The second kappa shape index (κ2) is 9.32. The monoisotopic (exact) mass is 400 g/mol. The number of carbonyl (C=O) groups is 2. The molecule has 0 aliphatic carbocycles. The van der Waals surface area contributed by atoms with Crippen LogP contribution in [0.1, 0.15) is 22.8 Å². The molecule has 1 heterocycles. The number of nitrogens with zero attached hydrogens (tertiary/aromatic N) is 2. The first-order valence-electron chi connectivity index (χ1n) is 9.30. The number of halogens is 2. The lowest BCUT2D eigenvalue weighted by atomic mass is 10.1. The summed E-state index contributed by atoms with van der Waals surface area (Å²) < 4.78 is 28.6. The SMILES string of the molecule is CC(=O)c1ccc(N2CCN(C(=O)/C=C/c3ccc(OC(F)F)cc3)CC2)cc1. The van der Waals surface area contributed by atoms with Crippen molar-refractivity contribution in [1.29, 1.82) is 0 Å². The molecular formula is C22H22F2N2O3. The number of alkyl halides is 2. The summed E-state index contributed by atoms with van der Waals surface area (Å²) in [5.41, 5.74) is 2.44. The zero-order chi connectivity index (χ0) is 20.8. The highest BCUT2D eigenvalue weighted by molar-refractivity contribution is 5.94. The maximum absolute atomic E-state index is 12.4. The van der Waals surface area contributed by atoms with Crippen molar-refractivity contribution >= 4 is 23.5 Å². The zero-order valence-corrected chi connectivity index (χ0v) is 16.1.